The molecule has 1 aliphatic carbocycles. The highest BCUT2D eigenvalue weighted by Gasteiger charge is 2.33. The Labute approximate surface area is 202 Å². The van der Waals surface area contributed by atoms with Gasteiger partial charge in [0.05, 0.1) is 17.8 Å². The van der Waals surface area contributed by atoms with Gasteiger partial charge >= 0.3 is 0 Å². The SMILES string of the molecule is [C-]#[N+]c1ccc(-c2nc(N3CCC4CCCC4C3)cc(=O)n2-c2ccc3nn(C)cc3c2)cc1F. The van der Waals surface area contributed by atoms with Crippen LogP contribution in [0.5, 0.6) is 0 Å². The second-order valence-corrected chi connectivity index (χ2v) is 9.62. The first-order valence-electron chi connectivity index (χ1n) is 12.0. The van der Waals surface area contributed by atoms with E-state index < -0.39 is 5.82 Å². The molecule has 1 saturated carbocycles. The van der Waals surface area contributed by atoms with Gasteiger partial charge in [0.2, 0.25) is 5.69 Å². The van der Waals surface area contributed by atoms with E-state index in [-0.39, 0.29) is 11.2 Å². The fraction of sp³-hybridized carbons (Fsp3) is 0.333. The molecule has 1 saturated heterocycles. The third-order valence-corrected chi connectivity index (χ3v) is 7.46. The fourth-order valence-corrected chi connectivity index (χ4v) is 5.73. The maximum atomic E-state index is 14.6. The van der Waals surface area contributed by atoms with Crippen molar-refractivity contribution in [3.8, 4) is 17.1 Å². The summed E-state index contributed by atoms with van der Waals surface area (Å²) in [7, 11) is 1.85. The highest BCUT2D eigenvalue weighted by Crippen LogP contribution is 2.39. The van der Waals surface area contributed by atoms with Gasteiger partial charge < -0.3 is 4.90 Å². The number of fused-ring (bicyclic) bond motifs is 2. The highest BCUT2D eigenvalue weighted by molar-refractivity contribution is 5.81. The number of anilines is 1. The van der Waals surface area contributed by atoms with Gasteiger partial charge in [-0.25, -0.2) is 14.2 Å². The Bertz CT molecular complexity index is 1550. The number of aromatic nitrogens is 4. The van der Waals surface area contributed by atoms with Crippen molar-refractivity contribution in [3.63, 3.8) is 0 Å². The molecule has 176 valence electrons. The van der Waals surface area contributed by atoms with Crippen molar-refractivity contribution in [1.29, 1.82) is 0 Å². The van der Waals surface area contributed by atoms with Crippen LogP contribution in [0.2, 0.25) is 0 Å². The molecule has 7 nitrogen and oxygen atoms in total. The molecule has 0 radical (unpaired) electrons. The number of hydrogen-bond acceptors (Lipinski definition) is 4. The minimum absolute atomic E-state index is 0.0566. The van der Waals surface area contributed by atoms with Gasteiger partial charge in [-0.2, -0.15) is 5.10 Å². The van der Waals surface area contributed by atoms with Crippen molar-refractivity contribution in [2.45, 2.75) is 25.7 Å². The standard InChI is InChI=1S/C27H25FN6O/c1-29-24-8-6-18(13-22(24)28)27-30-25(33-11-10-17-4-3-5-19(17)16-33)14-26(35)34(27)21-7-9-23-20(12-21)15-32(2)31-23/h6-9,12-15,17,19H,3-5,10-11,16H2,2H3. The first-order chi connectivity index (χ1) is 17.0. The highest BCUT2D eigenvalue weighted by atomic mass is 19.1. The third kappa shape index (κ3) is 3.77. The van der Waals surface area contributed by atoms with E-state index in [1.165, 1.54) is 36.0 Å². The molecule has 3 heterocycles. The van der Waals surface area contributed by atoms with E-state index in [1.54, 1.807) is 16.8 Å². The second-order valence-electron chi connectivity index (χ2n) is 9.62. The maximum Gasteiger partial charge on any atom is 0.260 e. The molecule has 6 rings (SSSR count). The van der Waals surface area contributed by atoms with Crippen LogP contribution in [0.25, 0.3) is 32.8 Å². The van der Waals surface area contributed by atoms with E-state index in [2.05, 4.69) is 14.8 Å². The van der Waals surface area contributed by atoms with E-state index in [1.807, 2.05) is 31.4 Å². The van der Waals surface area contributed by atoms with Crippen LogP contribution in [0.3, 0.4) is 0 Å². The lowest BCUT2D eigenvalue weighted by Gasteiger charge is -2.36. The maximum absolute atomic E-state index is 14.6. The van der Waals surface area contributed by atoms with E-state index in [0.29, 0.717) is 28.8 Å². The molecule has 1 aliphatic heterocycles. The lowest BCUT2D eigenvalue weighted by Crippen LogP contribution is -2.40. The van der Waals surface area contributed by atoms with E-state index in [0.717, 1.165) is 36.3 Å². The number of benzene rings is 2. The summed E-state index contributed by atoms with van der Waals surface area (Å²) in [6.07, 6.45) is 6.78. The number of hydrogen-bond donors (Lipinski definition) is 0. The van der Waals surface area contributed by atoms with Gasteiger partial charge in [0, 0.05) is 43.4 Å². The first-order valence-corrected chi connectivity index (χ1v) is 12.0. The normalized spacial score (nSPS) is 19.6. The quantitative estimate of drug-likeness (QED) is 0.393. The third-order valence-electron chi connectivity index (χ3n) is 7.46. The Kier molecular flexibility index (Phi) is 5.14. The zero-order chi connectivity index (χ0) is 24.1. The number of piperidine rings is 1. The Hall–Kier alpha value is -3.99. The summed E-state index contributed by atoms with van der Waals surface area (Å²) in [4.78, 5) is 23.9. The molecule has 8 heteroatoms. The molecule has 2 unspecified atom stereocenters. The fourth-order valence-electron chi connectivity index (χ4n) is 5.73. The summed E-state index contributed by atoms with van der Waals surface area (Å²) in [5.41, 5.74) is 1.63. The molecule has 2 fully saturated rings. The molecule has 35 heavy (non-hydrogen) atoms. The van der Waals surface area contributed by atoms with Crippen molar-refractivity contribution in [2.75, 3.05) is 18.0 Å². The molecule has 2 aliphatic rings. The van der Waals surface area contributed by atoms with Gasteiger partial charge in [-0.15, -0.1) is 0 Å². The van der Waals surface area contributed by atoms with Crippen molar-refractivity contribution >= 4 is 22.4 Å². The zero-order valence-corrected chi connectivity index (χ0v) is 19.5. The Morgan fingerprint density at radius 2 is 1.94 bits per heavy atom. The molecular formula is C27H25FN6O. The topological polar surface area (TPSA) is 60.3 Å². The van der Waals surface area contributed by atoms with Crippen LogP contribution in [-0.4, -0.2) is 32.4 Å². The number of rotatable bonds is 3. The number of nitrogens with zero attached hydrogens (tertiary/aromatic N) is 6. The molecule has 0 spiro atoms. The van der Waals surface area contributed by atoms with E-state index >= 15 is 0 Å². The molecule has 2 aromatic carbocycles. The number of aryl methyl sites for hydroxylation is 1. The lowest BCUT2D eigenvalue weighted by atomic mass is 9.89. The van der Waals surface area contributed by atoms with Gasteiger partial charge in [-0.3, -0.25) is 14.0 Å². The number of halogens is 1. The largest absolute Gasteiger partial charge is 0.356 e. The summed E-state index contributed by atoms with van der Waals surface area (Å²) >= 11 is 0. The summed E-state index contributed by atoms with van der Waals surface area (Å²) in [6, 6.07) is 11.6. The van der Waals surface area contributed by atoms with Crippen molar-refractivity contribution in [2.24, 2.45) is 18.9 Å². The van der Waals surface area contributed by atoms with Crippen molar-refractivity contribution in [3.05, 3.63) is 76.2 Å². The van der Waals surface area contributed by atoms with Crippen LogP contribution in [0, 0.1) is 24.2 Å². The average molecular weight is 469 g/mol. The monoisotopic (exact) mass is 468 g/mol. The molecule has 0 bridgehead atoms. The minimum Gasteiger partial charge on any atom is -0.356 e. The van der Waals surface area contributed by atoms with E-state index in [4.69, 9.17) is 11.6 Å². The predicted molar refractivity (Wildman–Crippen MR) is 133 cm³/mol. The Morgan fingerprint density at radius 3 is 2.77 bits per heavy atom. The zero-order valence-electron chi connectivity index (χ0n) is 19.5. The summed E-state index contributed by atoms with van der Waals surface area (Å²) in [6.45, 7) is 8.94. The molecule has 0 N–H and O–H groups in total. The van der Waals surface area contributed by atoms with Crippen LogP contribution < -0.4 is 10.5 Å². The summed E-state index contributed by atoms with van der Waals surface area (Å²) < 4.78 is 17.9. The summed E-state index contributed by atoms with van der Waals surface area (Å²) in [5.74, 6) is 1.77. The smallest absolute Gasteiger partial charge is 0.260 e. The first kappa shape index (κ1) is 21.5. The Balaban J connectivity index is 1.51. The summed E-state index contributed by atoms with van der Waals surface area (Å²) in [5, 5.41) is 5.31. The molecular weight excluding hydrogens is 443 g/mol. The molecule has 0 amide bonds. The molecule has 4 aromatic rings. The van der Waals surface area contributed by atoms with Crippen molar-refractivity contribution in [1.82, 2.24) is 19.3 Å². The van der Waals surface area contributed by atoms with Gasteiger partial charge in [-0.05, 0) is 48.9 Å². The van der Waals surface area contributed by atoms with E-state index in [9.17, 15) is 9.18 Å². The predicted octanol–water partition coefficient (Wildman–Crippen LogP) is 5.10. The lowest BCUT2D eigenvalue weighted by molar-refractivity contribution is 0.322. The van der Waals surface area contributed by atoms with Gasteiger partial charge in [0.15, 0.2) is 0 Å². The van der Waals surface area contributed by atoms with Crippen LogP contribution in [0.4, 0.5) is 15.9 Å². The van der Waals surface area contributed by atoms with Crippen LogP contribution in [0.1, 0.15) is 25.7 Å². The second kappa shape index (κ2) is 8.35. The minimum atomic E-state index is -0.627. The Morgan fingerprint density at radius 1 is 1.09 bits per heavy atom. The van der Waals surface area contributed by atoms with Crippen molar-refractivity contribution < 1.29 is 4.39 Å². The van der Waals surface area contributed by atoms with Crippen LogP contribution in [0.15, 0.2) is 53.5 Å². The molecule has 2 atom stereocenters. The van der Waals surface area contributed by atoms with Crippen LogP contribution >= 0.6 is 0 Å². The van der Waals surface area contributed by atoms with Gasteiger partial charge in [0.1, 0.15) is 17.5 Å². The van der Waals surface area contributed by atoms with Gasteiger partial charge in [0.25, 0.3) is 5.56 Å². The molecule has 2 aromatic heterocycles. The van der Waals surface area contributed by atoms with Crippen LogP contribution in [-0.2, 0) is 7.05 Å². The van der Waals surface area contributed by atoms with Gasteiger partial charge in [-0.1, -0.05) is 25.0 Å². The average Bonchev–Trinajstić information content (AvgIpc) is 3.47.